The minimum atomic E-state index is 0. The molecule has 0 aromatic rings. The number of halogens is 1. The highest BCUT2D eigenvalue weighted by molar-refractivity contribution is 5.85. The molecule has 17 heavy (non-hydrogen) atoms. The lowest BCUT2D eigenvalue weighted by atomic mass is 10.2. The molecule has 1 atom stereocenters. The van der Waals surface area contributed by atoms with Crippen molar-refractivity contribution in [3.05, 3.63) is 0 Å². The molecule has 0 saturated carbocycles. The summed E-state index contributed by atoms with van der Waals surface area (Å²) in [5, 5.41) is 1.70. The zero-order valence-electron chi connectivity index (χ0n) is 11.9. The second kappa shape index (κ2) is 9.68. The molecule has 1 aliphatic heterocycles. The maximum Gasteiger partial charge on any atom is 0.222 e. The predicted molar refractivity (Wildman–Crippen MR) is 73.2 cm³/mol. The molecule has 1 fully saturated rings. The molecular formula is C12H27ClN2O2. The summed E-state index contributed by atoms with van der Waals surface area (Å²) in [6.45, 7) is 9.01. The second-order valence-electron chi connectivity index (χ2n) is 4.53. The van der Waals surface area contributed by atoms with Crippen LogP contribution in [0.1, 0.15) is 40.5 Å². The molecule has 104 valence electrons. The second-order valence-corrected chi connectivity index (χ2v) is 4.53. The molecule has 1 rings (SSSR count). The van der Waals surface area contributed by atoms with Gasteiger partial charge in [-0.15, -0.1) is 12.4 Å². The molecule has 1 aliphatic rings. The van der Waals surface area contributed by atoms with Gasteiger partial charge in [-0.1, -0.05) is 0 Å². The summed E-state index contributed by atoms with van der Waals surface area (Å²) in [5.41, 5.74) is 0. The fourth-order valence-electron chi connectivity index (χ4n) is 1.79. The Labute approximate surface area is 112 Å². The summed E-state index contributed by atoms with van der Waals surface area (Å²) in [6, 6.07) is 0.488. The monoisotopic (exact) mass is 266 g/mol. The van der Waals surface area contributed by atoms with Crippen LogP contribution >= 0.6 is 12.4 Å². The lowest BCUT2D eigenvalue weighted by Gasteiger charge is -2.18. The normalized spacial score (nSPS) is 19.2. The van der Waals surface area contributed by atoms with E-state index in [9.17, 15) is 4.79 Å². The molecule has 0 bridgehead atoms. The zero-order chi connectivity index (χ0) is 12.7. The first kappa shape index (κ1) is 19.0. The summed E-state index contributed by atoms with van der Waals surface area (Å²) in [4.78, 5) is 18.0. The van der Waals surface area contributed by atoms with Crippen LogP contribution in [0.5, 0.6) is 0 Å². The van der Waals surface area contributed by atoms with E-state index >= 15 is 0 Å². The van der Waals surface area contributed by atoms with Crippen molar-refractivity contribution < 1.29 is 9.63 Å². The highest BCUT2D eigenvalue weighted by Gasteiger charge is 2.25. The Morgan fingerprint density at radius 1 is 1.47 bits per heavy atom. The Kier molecular flexibility index (Phi) is 10.8. The zero-order valence-corrected chi connectivity index (χ0v) is 12.7. The number of hydrogen-bond acceptors (Lipinski definition) is 3. The number of carbonyl (C=O) groups excluding carboxylic acids is 1. The third-order valence-electron chi connectivity index (χ3n) is 2.39. The molecule has 4 nitrogen and oxygen atoms in total. The van der Waals surface area contributed by atoms with Gasteiger partial charge in [-0.25, -0.2) is 0 Å². The summed E-state index contributed by atoms with van der Waals surface area (Å²) in [6.07, 6.45) is 2.11. The minimum absolute atomic E-state index is 0. The van der Waals surface area contributed by atoms with Crippen LogP contribution in [-0.2, 0) is 9.63 Å². The molecular weight excluding hydrogens is 240 g/mol. The molecule has 1 heterocycles. The highest BCUT2D eigenvalue weighted by Crippen LogP contribution is 2.16. The summed E-state index contributed by atoms with van der Waals surface area (Å²) in [5.74, 6) is 0.324. The van der Waals surface area contributed by atoms with Crippen molar-refractivity contribution in [2.24, 2.45) is 0 Å². The van der Waals surface area contributed by atoms with Gasteiger partial charge in [0.2, 0.25) is 5.91 Å². The molecule has 1 saturated heterocycles. The molecule has 1 amide bonds. The van der Waals surface area contributed by atoms with E-state index in [1.165, 1.54) is 0 Å². The van der Waals surface area contributed by atoms with E-state index in [1.807, 2.05) is 39.8 Å². The fourth-order valence-corrected chi connectivity index (χ4v) is 1.79. The molecule has 0 aromatic heterocycles. The molecule has 0 spiro atoms. The SMILES string of the molecule is CC(C)ON(C)C.CCN1C(=O)CCC1C.Cl. The molecule has 0 N–H and O–H groups in total. The van der Waals surface area contributed by atoms with Gasteiger partial charge in [0.15, 0.2) is 0 Å². The van der Waals surface area contributed by atoms with Crippen molar-refractivity contribution in [3.8, 4) is 0 Å². The average Bonchev–Trinajstić information content (AvgIpc) is 2.44. The van der Waals surface area contributed by atoms with Crippen molar-refractivity contribution in [2.45, 2.75) is 52.7 Å². The van der Waals surface area contributed by atoms with Gasteiger partial charge in [-0.2, -0.15) is 5.06 Å². The van der Waals surface area contributed by atoms with Gasteiger partial charge in [0, 0.05) is 33.1 Å². The molecule has 1 unspecified atom stereocenters. The predicted octanol–water partition coefficient (Wildman–Crippen LogP) is 2.33. The van der Waals surface area contributed by atoms with Gasteiger partial charge in [-0.05, 0) is 34.1 Å². The molecule has 0 radical (unpaired) electrons. The lowest BCUT2D eigenvalue weighted by molar-refractivity contribution is -0.151. The van der Waals surface area contributed by atoms with E-state index < -0.39 is 0 Å². The van der Waals surface area contributed by atoms with E-state index in [1.54, 1.807) is 5.06 Å². The first-order chi connectivity index (χ1) is 7.38. The molecule has 5 heteroatoms. The maximum absolute atomic E-state index is 10.9. The number of hydroxylamine groups is 2. The highest BCUT2D eigenvalue weighted by atomic mass is 35.5. The van der Waals surface area contributed by atoms with Gasteiger partial charge in [0.25, 0.3) is 0 Å². The third kappa shape index (κ3) is 8.41. The first-order valence-electron chi connectivity index (χ1n) is 6.02. The van der Waals surface area contributed by atoms with E-state index in [-0.39, 0.29) is 12.4 Å². The number of nitrogens with zero attached hydrogens (tertiary/aromatic N) is 2. The number of carbonyl (C=O) groups is 1. The van der Waals surface area contributed by atoms with Crippen molar-refractivity contribution in [1.29, 1.82) is 0 Å². The number of amides is 1. The van der Waals surface area contributed by atoms with Crippen molar-refractivity contribution in [1.82, 2.24) is 9.96 Å². The Morgan fingerprint density at radius 3 is 2.12 bits per heavy atom. The van der Waals surface area contributed by atoms with E-state index in [0.717, 1.165) is 19.4 Å². The van der Waals surface area contributed by atoms with E-state index in [4.69, 9.17) is 4.84 Å². The Morgan fingerprint density at radius 2 is 2.00 bits per heavy atom. The maximum atomic E-state index is 10.9. The summed E-state index contributed by atoms with van der Waals surface area (Å²) >= 11 is 0. The van der Waals surface area contributed by atoms with Gasteiger partial charge in [0.05, 0.1) is 6.10 Å². The van der Waals surface area contributed by atoms with Crippen LogP contribution in [0.3, 0.4) is 0 Å². The van der Waals surface area contributed by atoms with Gasteiger partial charge >= 0.3 is 0 Å². The Bertz CT molecular complexity index is 205. The number of rotatable bonds is 3. The largest absolute Gasteiger partial charge is 0.340 e. The van der Waals surface area contributed by atoms with Crippen molar-refractivity contribution in [3.63, 3.8) is 0 Å². The van der Waals surface area contributed by atoms with Crippen molar-refractivity contribution in [2.75, 3.05) is 20.6 Å². The smallest absolute Gasteiger partial charge is 0.222 e. The minimum Gasteiger partial charge on any atom is -0.340 e. The Balaban J connectivity index is 0. The number of hydrogen-bond donors (Lipinski definition) is 0. The van der Waals surface area contributed by atoms with Gasteiger partial charge in [-0.3, -0.25) is 9.63 Å². The van der Waals surface area contributed by atoms with E-state index in [2.05, 4.69) is 6.92 Å². The van der Waals surface area contributed by atoms with Gasteiger partial charge < -0.3 is 4.90 Å². The lowest BCUT2D eigenvalue weighted by Crippen LogP contribution is -2.30. The van der Waals surface area contributed by atoms with Crippen LogP contribution in [-0.4, -0.2) is 48.7 Å². The van der Waals surface area contributed by atoms with Crippen molar-refractivity contribution >= 4 is 18.3 Å². The third-order valence-corrected chi connectivity index (χ3v) is 2.39. The molecule has 0 aromatic carbocycles. The fraction of sp³-hybridized carbons (Fsp3) is 0.917. The van der Waals surface area contributed by atoms with E-state index in [0.29, 0.717) is 18.1 Å². The summed E-state index contributed by atoms with van der Waals surface area (Å²) < 4.78 is 0. The Hall–Kier alpha value is -0.320. The van der Waals surface area contributed by atoms with Crippen LogP contribution in [0.4, 0.5) is 0 Å². The van der Waals surface area contributed by atoms with Crippen LogP contribution in [0.15, 0.2) is 0 Å². The van der Waals surface area contributed by atoms with Crippen LogP contribution in [0.25, 0.3) is 0 Å². The summed E-state index contributed by atoms with van der Waals surface area (Å²) in [7, 11) is 3.75. The van der Waals surface area contributed by atoms with Crippen LogP contribution in [0.2, 0.25) is 0 Å². The standard InChI is InChI=1S/C7H13NO.C5H13NO.ClH/c1-3-8-6(2)4-5-7(8)9;1-5(2)7-6(3)4;/h6H,3-5H2,1-2H3;5H,1-4H3;1H. The quantitative estimate of drug-likeness (QED) is 0.735. The van der Waals surface area contributed by atoms with Gasteiger partial charge in [0.1, 0.15) is 0 Å². The average molecular weight is 267 g/mol. The topological polar surface area (TPSA) is 32.8 Å². The van der Waals surface area contributed by atoms with Crippen LogP contribution in [0, 0.1) is 0 Å². The first-order valence-corrected chi connectivity index (χ1v) is 6.02. The van der Waals surface area contributed by atoms with Crippen LogP contribution < -0.4 is 0 Å². The molecule has 0 aliphatic carbocycles. The number of likely N-dealkylation sites (tertiary alicyclic amines) is 1.